The van der Waals surface area contributed by atoms with Crippen LogP contribution in [-0.4, -0.2) is 79.4 Å². The van der Waals surface area contributed by atoms with Crippen molar-refractivity contribution in [1.82, 2.24) is 14.7 Å². The van der Waals surface area contributed by atoms with Crippen LogP contribution in [0.15, 0.2) is 0 Å². The van der Waals surface area contributed by atoms with Crippen LogP contribution in [0.2, 0.25) is 0 Å². The third-order valence-electron chi connectivity index (χ3n) is 3.96. The first kappa shape index (κ1) is 17.9. The summed E-state index contributed by atoms with van der Waals surface area (Å²) in [4.78, 5) is 29.8. The van der Waals surface area contributed by atoms with Crippen molar-refractivity contribution in [2.75, 3.05) is 46.8 Å². The van der Waals surface area contributed by atoms with Crippen LogP contribution in [0.5, 0.6) is 0 Å². The fourth-order valence-corrected chi connectivity index (χ4v) is 2.25. The van der Waals surface area contributed by atoms with Crippen LogP contribution in [0.3, 0.4) is 0 Å². The predicted molar refractivity (Wildman–Crippen MR) is 83.8 cm³/mol. The lowest BCUT2D eigenvalue weighted by Crippen LogP contribution is -2.51. The van der Waals surface area contributed by atoms with E-state index in [1.165, 1.54) is 0 Å². The Kier molecular flexibility index (Phi) is 6.16. The molecule has 1 rings (SSSR count). The Hall–Kier alpha value is -1.14. The molecule has 1 fully saturated rings. The van der Waals surface area contributed by atoms with Gasteiger partial charge in [0.1, 0.15) is 0 Å². The second kappa shape index (κ2) is 7.22. The monoisotopic (exact) mass is 298 g/mol. The van der Waals surface area contributed by atoms with Crippen molar-refractivity contribution in [1.29, 1.82) is 0 Å². The normalized spacial score (nSPS) is 19.0. The molecule has 1 saturated heterocycles. The van der Waals surface area contributed by atoms with Gasteiger partial charge in [-0.25, -0.2) is 0 Å². The number of carbonyl (C=O) groups is 2. The number of nitrogens with zero attached hydrogens (tertiary/aromatic N) is 3. The molecule has 0 radical (unpaired) electrons. The topological polar surface area (TPSA) is 69.9 Å². The summed E-state index contributed by atoms with van der Waals surface area (Å²) in [6.45, 7) is 9.29. The Balaban J connectivity index is 2.56. The Morgan fingerprint density at radius 1 is 1.14 bits per heavy atom. The number of nitrogens with two attached hydrogens (primary N) is 1. The van der Waals surface area contributed by atoms with Gasteiger partial charge in [0.15, 0.2) is 0 Å². The third-order valence-corrected chi connectivity index (χ3v) is 3.96. The van der Waals surface area contributed by atoms with Crippen molar-refractivity contribution in [3.05, 3.63) is 0 Å². The zero-order valence-electron chi connectivity index (χ0n) is 14.1. The smallest absolute Gasteiger partial charge is 0.240 e. The van der Waals surface area contributed by atoms with Crippen LogP contribution in [0.1, 0.15) is 27.2 Å². The van der Waals surface area contributed by atoms with Crippen molar-refractivity contribution in [2.45, 2.75) is 33.2 Å². The number of rotatable bonds is 3. The fraction of sp³-hybridized carbons (Fsp3) is 0.867. The zero-order chi connectivity index (χ0) is 16.2. The lowest BCUT2D eigenvalue weighted by atomic mass is 9.86. The second-order valence-corrected chi connectivity index (χ2v) is 7.09. The van der Waals surface area contributed by atoms with Crippen LogP contribution in [0.25, 0.3) is 0 Å². The first-order valence-corrected chi connectivity index (χ1v) is 7.60. The van der Waals surface area contributed by atoms with Crippen LogP contribution < -0.4 is 5.73 Å². The highest BCUT2D eigenvalue weighted by molar-refractivity contribution is 5.82. The van der Waals surface area contributed by atoms with Gasteiger partial charge in [0, 0.05) is 40.3 Å². The van der Waals surface area contributed by atoms with E-state index in [0.717, 1.165) is 26.1 Å². The maximum Gasteiger partial charge on any atom is 0.240 e. The van der Waals surface area contributed by atoms with E-state index in [1.807, 2.05) is 25.7 Å². The molecule has 0 spiro atoms. The highest BCUT2D eigenvalue weighted by Crippen LogP contribution is 2.19. The molecule has 1 atom stereocenters. The Bertz CT molecular complexity index is 376. The average molecular weight is 298 g/mol. The van der Waals surface area contributed by atoms with Crippen LogP contribution >= 0.6 is 0 Å². The summed E-state index contributed by atoms with van der Waals surface area (Å²) in [5.74, 6) is 0.115. The van der Waals surface area contributed by atoms with Gasteiger partial charge in [-0.15, -0.1) is 0 Å². The highest BCUT2D eigenvalue weighted by atomic mass is 16.2. The van der Waals surface area contributed by atoms with Gasteiger partial charge >= 0.3 is 0 Å². The first-order chi connectivity index (χ1) is 9.62. The molecule has 2 amide bonds. The number of likely N-dealkylation sites (N-methyl/N-ethyl adjacent to an activating group) is 1. The molecule has 0 aromatic carbocycles. The quantitative estimate of drug-likeness (QED) is 0.795. The van der Waals surface area contributed by atoms with Crippen molar-refractivity contribution in [3.8, 4) is 0 Å². The molecule has 1 aliphatic rings. The minimum absolute atomic E-state index is 0.0169. The lowest BCUT2D eigenvalue weighted by Gasteiger charge is -2.31. The fourth-order valence-electron chi connectivity index (χ4n) is 2.25. The van der Waals surface area contributed by atoms with Gasteiger partial charge in [-0.05, 0) is 11.8 Å². The van der Waals surface area contributed by atoms with Gasteiger partial charge in [0.25, 0.3) is 0 Å². The lowest BCUT2D eigenvalue weighted by molar-refractivity contribution is -0.134. The van der Waals surface area contributed by atoms with Gasteiger partial charge in [0.2, 0.25) is 11.8 Å². The van der Waals surface area contributed by atoms with E-state index in [9.17, 15) is 9.59 Å². The largest absolute Gasteiger partial charge is 0.348 e. The van der Waals surface area contributed by atoms with E-state index in [4.69, 9.17) is 5.73 Å². The van der Waals surface area contributed by atoms with E-state index < -0.39 is 6.04 Å². The number of hydrogen-bond donors (Lipinski definition) is 1. The van der Waals surface area contributed by atoms with Gasteiger partial charge in [-0.1, -0.05) is 20.8 Å². The van der Waals surface area contributed by atoms with Crippen LogP contribution in [0, 0.1) is 5.41 Å². The summed E-state index contributed by atoms with van der Waals surface area (Å²) in [7, 11) is 3.52. The average Bonchev–Trinajstić information content (AvgIpc) is 2.61. The molecule has 1 unspecified atom stereocenters. The van der Waals surface area contributed by atoms with E-state index in [0.29, 0.717) is 13.1 Å². The van der Waals surface area contributed by atoms with Gasteiger partial charge in [-0.2, -0.15) is 0 Å². The molecule has 2 N–H and O–H groups in total. The zero-order valence-corrected chi connectivity index (χ0v) is 14.1. The molecule has 21 heavy (non-hydrogen) atoms. The molecule has 1 aliphatic heterocycles. The van der Waals surface area contributed by atoms with Crippen molar-refractivity contribution in [2.24, 2.45) is 11.1 Å². The Morgan fingerprint density at radius 2 is 1.76 bits per heavy atom. The number of hydrogen-bond acceptors (Lipinski definition) is 4. The van der Waals surface area contributed by atoms with E-state index in [2.05, 4.69) is 4.90 Å². The molecule has 6 heteroatoms. The predicted octanol–water partition coefficient (Wildman–Crippen LogP) is -0.0177. The highest BCUT2D eigenvalue weighted by Gasteiger charge is 2.31. The summed E-state index contributed by atoms with van der Waals surface area (Å²) < 4.78 is 0. The van der Waals surface area contributed by atoms with Gasteiger partial charge < -0.3 is 15.5 Å². The van der Waals surface area contributed by atoms with E-state index in [1.54, 1.807) is 19.0 Å². The first-order valence-electron chi connectivity index (χ1n) is 7.60. The molecule has 0 saturated carbocycles. The maximum absolute atomic E-state index is 12.4. The van der Waals surface area contributed by atoms with Gasteiger partial charge in [0.05, 0.1) is 12.6 Å². The third kappa shape index (κ3) is 5.28. The molecule has 6 nitrogen and oxygen atoms in total. The summed E-state index contributed by atoms with van der Waals surface area (Å²) in [5.41, 5.74) is 5.83. The van der Waals surface area contributed by atoms with E-state index >= 15 is 0 Å². The number of amides is 2. The van der Waals surface area contributed by atoms with Gasteiger partial charge in [-0.3, -0.25) is 14.5 Å². The Labute approximate surface area is 128 Å². The molecule has 0 aromatic heterocycles. The summed E-state index contributed by atoms with van der Waals surface area (Å²) in [6, 6.07) is -0.479. The molecule has 0 aromatic rings. The van der Waals surface area contributed by atoms with Crippen molar-refractivity contribution < 1.29 is 9.59 Å². The summed E-state index contributed by atoms with van der Waals surface area (Å²) >= 11 is 0. The Morgan fingerprint density at radius 3 is 2.29 bits per heavy atom. The second-order valence-electron chi connectivity index (χ2n) is 7.09. The summed E-state index contributed by atoms with van der Waals surface area (Å²) in [5, 5.41) is 0. The van der Waals surface area contributed by atoms with Crippen molar-refractivity contribution >= 4 is 11.8 Å². The van der Waals surface area contributed by atoms with Crippen LogP contribution in [0.4, 0.5) is 0 Å². The summed E-state index contributed by atoms with van der Waals surface area (Å²) in [6.07, 6.45) is 0.878. The van der Waals surface area contributed by atoms with E-state index in [-0.39, 0.29) is 17.2 Å². The molecule has 122 valence electrons. The molecular formula is C15H30N4O2. The molecule has 0 aliphatic carbocycles. The number of carbonyl (C=O) groups excluding carboxylic acids is 2. The molecule has 0 bridgehead atoms. The minimum Gasteiger partial charge on any atom is -0.348 e. The van der Waals surface area contributed by atoms with Crippen molar-refractivity contribution in [3.63, 3.8) is 0 Å². The SMILES string of the molecule is CN(C)C(=O)CN1CCCN(C(=O)C(N)C(C)(C)C)CC1. The molecule has 1 heterocycles. The molecular weight excluding hydrogens is 268 g/mol. The van der Waals surface area contributed by atoms with Crippen LogP contribution in [-0.2, 0) is 9.59 Å². The maximum atomic E-state index is 12.4. The standard InChI is InChI=1S/C15H30N4O2/c1-15(2,3)13(16)14(21)19-8-6-7-18(9-10-19)11-12(20)17(4)5/h13H,6-11,16H2,1-5H3. The minimum atomic E-state index is -0.479.